The van der Waals surface area contributed by atoms with E-state index in [1.54, 1.807) is 11.9 Å². The number of amides is 2. The first kappa shape index (κ1) is 26.2. The maximum atomic E-state index is 11.8. The first-order valence-corrected chi connectivity index (χ1v) is 13.9. The van der Waals surface area contributed by atoms with Crippen LogP contribution in [0.1, 0.15) is 43.8 Å². The molecule has 0 aliphatic carbocycles. The molecule has 2 saturated heterocycles. The van der Waals surface area contributed by atoms with Crippen molar-refractivity contribution in [3.8, 4) is 0 Å². The van der Waals surface area contributed by atoms with Gasteiger partial charge in [0.25, 0.3) is 0 Å². The van der Waals surface area contributed by atoms with Crippen molar-refractivity contribution >= 4 is 34.7 Å². The van der Waals surface area contributed by atoms with Crippen LogP contribution in [-0.2, 0) is 9.59 Å². The van der Waals surface area contributed by atoms with Crippen LogP contribution in [0, 0.1) is 12.8 Å². The van der Waals surface area contributed by atoms with Gasteiger partial charge >= 0.3 is 0 Å². The van der Waals surface area contributed by atoms with Crippen LogP contribution in [-0.4, -0.2) is 78.3 Å². The fourth-order valence-electron chi connectivity index (χ4n) is 5.97. The number of rotatable bonds is 9. The lowest BCUT2D eigenvalue weighted by molar-refractivity contribution is -0.120. The number of nitrogens with zero attached hydrogens (tertiary/aromatic N) is 6. The quantitative estimate of drug-likeness (QED) is 0.438. The Kier molecular flexibility index (Phi) is 8.22. The van der Waals surface area contributed by atoms with Gasteiger partial charge in [0.05, 0.1) is 16.9 Å². The van der Waals surface area contributed by atoms with Crippen molar-refractivity contribution in [3.05, 3.63) is 48.3 Å². The van der Waals surface area contributed by atoms with E-state index in [0.717, 1.165) is 79.5 Å². The number of anilines is 2. The van der Waals surface area contributed by atoms with E-state index in [0.29, 0.717) is 12.6 Å². The van der Waals surface area contributed by atoms with Gasteiger partial charge in [0.1, 0.15) is 0 Å². The second-order valence-electron chi connectivity index (χ2n) is 10.7. The molecule has 2 aliphatic rings. The second kappa shape index (κ2) is 11.9. The van der Waals surface area contributed by atoms with Crippen LogP contribution in [0.25, 0.3) is 10.9 Å². The monoisotopic (exact) mass is 517 g/mol. The number of carbonyl (C=O) groups is 2. The highest BCUT2D eigenvalue weighted by Gasteiger charge is 2.26. The molecule has 1 N–H and O–H groups in total. The number of nitrogens with one attached hydrogen (secondary N) is 1. The van der Waals surface area contributed by atoms with Crippen molar-refractivity contribution in [1.29, 1.82) is 0 Å². The van der Waals surface area contributed by atoms with Gasteiger partial charge in [0.15, 0.2) is 5.82 Å². The summed E-state index contributed by atoms with van der Waals surface area (Å²) in [6.45, 7) is 7.84. The van der Waals surface area contributed by atoms with Gasteiger partial charge in [-0.3, -0.25) is 9.59 Å². The number of likely N-dealkylation sites (tertiary alicyclic amines) is 1. The maximum Gasteiger partial charge on any atom is 0.221 e. The van der Waals surface area contributed by atoms with Crippen LogP contribution in [0.5, 0.6) is 0 Å². The standard InChI is InChI=1S/C29H39N7O2/c1-22-6-7-28(32-31-22)34-16-8-23(9-17-34)20-33-14-10-24(11-15-33)36-19-12-25-26(4-3-5-27(25)36)35(21-37)18-13-29(38)30-2/h3-7,12,19,21,23-24H,8-11,13-18,20H2,1-2H3,(H,30,38). The molecule has 0 atom stereocenters. The van der Waals surface area contributed by atoms with Gasteiger partial charge in [-0.05, 0) is 68.9 Å². The zero-order valence-electron chi connectivity index (χ0n) is 22.6. The van der Waals surface area contributed by atoms with Gasteiger partial charge in [-0.25, -0.2) is 0 Å². The van der Waals surface area contributed by atoms with E-state index >= 15 is 0 Å². The van der Waals surface area contributed by atoms with Crippen molar-refractivity contribution in [3.63, 3.8) is 0 Å². The molecule has 1 aromatic carbocycles. The number of hydrogen-bond donors (Lipinski definition) is 1. The number of piperidine rings is 2. The molecule has 9 heteroatoms. The molecule has 5 rings (SSSR count). The molecule has 3 aromatic rings. The lowest BCUT2D eigenvalue weighted by Crippen LogP contribution is -2.42. The van der Waals surface area contributed by atoms with Crippen molar-refractivity contribution < 1.29 is 9.59 Å². The lowest BCUT2D eigenvalue weighted by atomic mass is 9.94. The van der Waals surface area contributed by atoms with Crippen molar-refractivity contribution in [2.45, 2.75) is 45.1 Å². The first-order chi connectivity index (χ1) is 18.6. The minimum atomic E-state index is -0.0699. The number of carbonyl (C=O) groups excluding carboxylic acids is 2. The van der Waals surface area contributed by atoms with Crippen LogP contribution < -0.4 is 15.1 Å². The molecule has 2 aliphatic heterocycles. The highest BCUT2D eigenvalue weighted by Crippen LogP contribution is 2.33. The Morgan fingerprint density at radius 3 is 2.53 bits per heavy atom. The Morgan fingerprint density at radius 2 is 1.84 bits per heavy atom. The highest BCUT2D eigenvalue weighted by molar-refractivity contribution is 5.97. The fraction of sp³-hybridized carbons (Fsp3) is 0.517. The number of aryl methyl sites for hydroxylation is 1. The summed E-state index contributed by atoms with van der Waals surface area (Å²) in [5.74, 6) is 1.67. The summed E-state index contributed by atoms with van der Waals surface area (Å²) in [6.07, 6.45) is 7.93. The lowest BCUT2D eigenvalue weighted by Gasteiger charge is -2.38. The van der Waals surface area contributed by atoms with Gasteiger partial charge in [-0.2, -0.15) is 5.10 Å². The van der Waals surface area contributed by atoms with Gasteiger partial charge in [-0.1, -0.05) is 6.07 Å². The van der Waals surface area contributed by atoms with Crippen molar-refractivity contribution in [1.82, 2.24) is 25.0 Å². The Morgan fingerprint density at radius 1 is 1.05 bits per heavy atom. The zero-order valence-corrected chi connectivity index (χ0v) is 22.6. The minimum Gasteiger partial charge on any atom is -0.359 e. The molecule has 9 nitrogen and oxygen atoms in total. The smallest absolute Gasteiger partial charge is 0.221 e. The molecular weight excluding hydrogens is 478 g/mol. The van der Waals surface area contributed by atoms with E-state index in [2.05, 4.69) is 54.3 Å². The van der Waals surface area contributed by atoms with E-state index in [1.165, 1.54) is 19.4 Å². The molecule has 2 amide bonds. The molecule has 4 heterocycles. The average molecular weight is 518 g/mol. The SMILES string of the molecule is CNC(=O)CCN(C=O)c1cccc2c1ccn2C1CCN(CC2CCN(c3ccc(C)nn3)CC2)CC1. The fourth-order valence-corrected chi connectivity index (χ4v) is 5.97. The molecule has 2 fully saturated rings. The summed E-state index contributed by atoms with van der Waals surface area (Å²) in [7, 11) is 1.62. The van der Waals surface area contributed by atoms with Crippen LogP contribution in [0.4, 0.5) is 11.5 Å². The Bertz CT molecular complexity index is 1230. The van der Waals surface area contributed by atoms with Gasteiger partial charge in [0, 0.05) is 70.4 Å². The molecule has 0 spiro atoms. The zero-order chi connectivity index (χ0) is 26.5. The third-order valence-corrected chi connectivity index (χ3v) is 8.22. The first-order valence-electron chi connectivity index (χ1n) is 13.9. The third kappa shape index (κ3) is 5.83. The highest BCUT2D eigenvalue weighted by atomic mass is 16.2. The minimum absolute atomic E-state index is 0.0699. The van der Waals surface area contributed by atoms with Gasteiger partial charge in [0.2, 0.25) is 12.3 Å². The van der Waals surface area contributed by atoms with Crippen LogP contribution in [0.2, 0.25) is 0 Å². The average Bonchev–Trinajstić information content (AvgIpc) is 3.39. The predicted octanol–water partition coefficient (Wildman–Crippen LogP) is 3.39. The molecule has 38 heavy (non-hydrogen) atoms. The maximum absolute atomic E-state index is 11.8. The number of hydrogen-bond acceptors (Lipinski definition) is 6. The summed E-state index contributed by atoms with van der Waals surface area (Å²) in [6, 6.07) is 12.8. The number of fused-ring (bicyclic) bond motifs is 1. The van der Waals surface area contributed by atoms with Crippen LogP contribution in [0.3, 0.4) is 0 Å². The van der Waals surface area contributed by atoms with E-state index in [9.17, 15) is 9.59 Å². The summed E-state index contributed by atoms with van der Waals surface area (Å²) in [4.78, 5) is 30.2. The molecular formula is C29H39N7O2. The number of benzene rings is 1. The predicted molar refractivity (Wildman–Crippen MR) is 150 cm³/mol. The molecule has 2 aromatic heterocycles. The van der Waals surface area contributed by atoms with Gasteiger partial charge in [-0.15, -0.1) is 5.10 Å². The topological polar surface area (TPSA) is 86.6 Å². The Hall–Kier alpha value is -3.46. The molecule has 0 saturated carbocycles. The van der Waals surface area contributed by atoms with Crippen molar-refractivity contribution in [2.24, 2.45) is 5.92 Å². The van der Waals surface area contributed by atoms with E-state index in [1.807, 2.05) is 25.1 Å². The van der Waals surface area contributed by atoms with E-state index < -0.39 is 0 Å². The van der Waals surface area contributed by atoms with E-state index in [4.69, 9.17) is 0 Å². The summed E-state index contributed by atoms with van der Waals surface area (Å²) in [5.41, 5.74) is 2.97. The molecule has 0 radical (unpaired) electrons. The summed E-state index contributed by atoms with van der Waals surface area (Å²) < 4.78 is 2.39. The third-order valence-electron chi connectivity index (χ3n) is 8.22. The van der Waals surface area contributed by atoms with Gasteiger partial charge < -0.3 is 24.6 Å². The Labute approximate surface area is 224 Å². The largest absolute Gasteiger partial charge is 0.359 e. The van der Waals surface area contributed by atoms with Crippen LogP contribution >= 0.6 is 0 Å². The van der Waals surface area contributed by atoms with Crippen molar-refractivity contribution in [2.75, 3.05) is 56.1 Å². The second-order valence-corrected chi connectivity index (χ2v) is 10.7. The van der Waals surface area contributed by atoms with E-state index in [-0.39, 0.29) is 12.3 Å². The molecule has 0 bridgehead atoms. The Balaban J connectivity index is 1.15. The number of aromatic nitrogens is 3. The van der Waals surface area contributed by atoms with Crippen LogP contribution in [0.15, 0.2) is 42.6 Å². The summed E-state index contributed by atoms with van der Waals surface area (Å²) in [5, 5.41) is 12.3. The molecule has 0 unspecified atom stereocenters. The summed E-state index contributed by atoms with van der Waals surface area (Å²) >= 11 is 0. The molecule has 202 valence electrons. The normalized spacial score (nSPS) is 17.6.